The zero-order valence-corrected chi connectivity index (χ0v) is 9.15. The van der Waals surface area contributed by atoms with E-state index in [0.717, 1.165) is 16.3 Å². The van der Waals surface area contributed by atoms with E-state index in [2.05, 4.69) is 9.97 Å². The summed E-state index contributed by atoms with van der Waals surface area (Å²) >= 11 is 1.53. The van der Waals surface area contributed by atoms with Gasteiger partial charge in [0, 0.05) is 10.9 Å². The van der Waals surface area contributed by atoms with Gasteiger partial charge in [0.15, 0.2) is 5.01 Å². The fourth-order valence-electron chi connectivity index (χ4n) is 1.44. The Morgan fingerprint density at radius 3 is 2.75 bits per heavy atom. The summed E-state index contributed by atoms with van der Waals surface area (Å²) in [7, 11) is 0. The largest absolute Gasteiger partial charge is 0.443 e. The maximum Gasteiger partial charge on any atom is 0.255 e. The first-order valence-corrected chi connectivity index (χ1v) is 5.72. The van der Waals surface area contributed by atoms with Crippen LogP contribution in [0.5, 0.6) is 0 Å². The summed E-state index contributed by atoms with van der Waals surface area (Å²) in [6.45, 7) is 0. The smallest absolute Gasteiger partial charge is 0.255 e. The van der Waals surface area contributed by atoms with Crippen LogP contribution in [0, 0.1) is 0 Å². The zero-order valence-electron chi connectivity index (χ0n) is 8.33. The monoisotopic (exact) mass is 228 g/mol. The third-order valence-corrected chi connectivity index (χ3v) is 3.02. The summed E-state index contributed by atoms with van der Waals surface area (Å²) in [6, 6.07) is 10.1. The normalized spacial score (nSPS) is 10.5. The third-order valence-electron chi connectivity index (χ3n) is 2.19. The molecule has 1 aromatic carbocycles. The first-order valence-electron chi connectivity index (χ1n) is 4.84. The summed E-state index contributed by atoms with van der Waals surface area (Å²) in [5.74, 6) is 0.576. The van der Waals surface area contributed by atoms with Crippen molar-refractivity contribution >= 4 is 11.3 Å². The third kappa shape index (κ3) is 1.63. The molecule has 3 aromatic rings. The maximum atomic E-state index is 5.21. The van der Waals surface area contributed by atoms with E-state index >= 15 is 0 Å². The van der Waals surface area contributed by atoms with Crippen LogP contribution >= 0.6 is 11.3 Å². The summed E-state index contributed by atoms with van der Waals surface area (Å²) in [6.07, 6.45) is 3.18. The van der Waals surface area contributed by atoms with E-state index in [1.54, 1.807) is 12.5 Å². The topological polar surface area (TPSA) is 38.9 Å². The van der Waals surface area contributed by atoms with Crippen LogP contribution in [0.25, 0.3) is 22.2 Å². The molecule has 0 N–H and O–H groups in total. The van der Waals surface area contributed by atoms with Gasteiger partial charge in [0.1, 0.15) is 6.26 Å². The van der Waals surface area contributed by atoms with Crippen LogP contribution in [0.4, 0.5) is 0 Å². The first kappa shape index (κ1) is 9.30. The van der Waals surface area contributed by atoms with Crippen molar-refractivity contribution in [3.05, 3.63) is 48.2 Å². The van der Waals surface area contributed by atoms with Gasteiger partial charge in [-0.15, -0.1) is 11.3 Å². The van der Waals surface area contributed by atoms with Gasteiger partial charge in [-0.25, -0.2) is 9.97 Å². The number of benzene rings is 1. The Bertz CT molecular complexity index is 572. The summed E-state index contributed by atoms with van der Waals surface area (Å²) in [5.41, 5.74) is 2.07. The van der Waals surface area contributed by atoms with Crippen LogP contribution in [0.2, 0.25) is 0 Å². The van der Waals surface area contributed by atoms with Crippen LogP contribution < -0.4 is 0 Å². The molecule has 0 aliphatic rings. The Balaban J connectivity index is 2.00. The van der Waals surface area contributed by atoms with E-state index in [1.807, 2.05) is 35.7 Å². The van der Waals surface area contributed by atoms with Crippen molar-refractivity contribution in [2.75, 3.05) is 0 Å². The van der Waals surface area contributed by atoms with Crippen molar-refractivity contribution in [2.45, 2.75) is 0 Å². The van der Waals surface area contributed by atoms with Crippen molar-refractivity contribution in [2.24, 2.45) is 0 Å². The molecule has 3 rings (SSSR count). The lowest BCUT2D eigenvalue weighted by Crippen LogP contribution is -1.78. The number of thiazole rings is 1. The number of hydrogen-bond donors (Lipinski definition) is 0. The summed E-state index contributed by atoms with van der Waals surface area (Å²) in [4.78, 5) is 8.56. The van der Waals surface area contributed by atoms with Crippen LogP contribution in [0.1, 0.15) is 0 Å². The van der Waals surface area contributed by atoms with E-state index in [9.17, 15) is 0 Å². The molecule has 0 amide bonds. The Kier molecular flexibility index (Phi) is 2.27. The minimum Gasteiger partial charge on any atom is -0.443 e. The van der Waals surface area contributed by atoms with Gasteiger partial charge in [0.05, 0.1) is 11.9 Å². The van der Waals surface area contributed by atoms with E-state index < -0.39 is 0 Å². The Morgan fingerprint density at radius 1 is 1.12 bits per heavy atom. The van der Waals surface area contributed by atoms with Crippen molar-refractivity contribution in [1.82, 2.24) is 9.97 Å². The van der Waals surface area contributed by atoms with Crippen LogP contribution in [-0.2, 0) is 0 Å². The molecule has 0 aliphatic heterocycles. The minimum atomic E-state index is 0.576. The lowest BCUT2D eigenvalue weighted by atomic mass is 10.2. The Hall–Kier alpha value is -1.94. The highest BCUT2D eigenvalue weighted by molar-refractivity contribution is 7.13. The molecule has 0 bridgehead atoms. The predicted octanol–water partition coefficient (Wildman–Crippen LogP) is 3.47. The molecule has 0 saturated carbocycles. The van der Waals surface area contributed by atoms with Crippen LogP contribution in [-0.4, -0.2) is 9.97 Å². The molecule has 0 atom stereocenters. The molecular formula is C12H8N2OS. The first-order chi connectivity index (χ1) is 7.93. The second-order valence-corrected chi connectivity index (χ2v) is 4.10. The van der Waals surface area contributed by atoms with Crippen LogP contribution in [0.3, 0.4) is 0 Å². The van der Waals surface area contributed by atoms with Crippen LogP contribution in [0.15, 0.2) is 52.6 Å². The quantitative estimate of drug-likeness (QED) is 0.674. The van der Waals surface area contributed by atoms with Gasteiger partial charge >= 0.3 is 0 Å². The molecule has 0 saturated heterocycles. The van der Waals surface area contributed by atoms with Gasteiger partial charge in [0.2, 0.25) is 0 Å². The standard InChI is InChI=1S/C12H8N2OS/c1-2-4-9(5-3-1)10-8-16-12(14-10)11-13-6-7-15-11/h1-8H. The summed E-state index contributed by atoms with van der Waals surface area (Å²) < 4.78 is 5.21. The Morgan fingerprint density at radius 2 is 2.00 bits per heavy atom. The number of hydrogen-bond acceptors (Lipinski definition) is 4. The van der Waals surface area contributed by atoms with E-state index in [-0.39, 0.29) is 0 Å². The van der Waals surface area contributed by atoms with Gasteiger partial charge in [-0.3, -0.25) is 0 Å². The molecule has 2 aromatic heterocycles. The van der Waals surface area contributed by atoms with Crippen molar-refractivity contribution in [3.63, 3.8) is 0 Å². The highest BCUT2D eigenvalue weighted by atomic mass is 32.1. The summed E-state index contributed by atoms with van der Waals surface area (Å²) in [5, 5.41) is 2.82. The van der Waals surface area contributed by atoms with Crippen molar-refractivity contribution in [3.8, 4) is 22.2 Å². The van der Waals surface area contributed by atoms with Gasteiger partial charge in [0.25, 0.3) is 5.89 Å². The highest BCUT2D eigenvalue weighted by Crippen LogP contribution is 2.27. The number of rotatable bonds is 2. The second kappa shape index (κ2) is 3.90. The maximum absolute atomic E-state index is 5.21. The molecule has 0 aliphatic carbocycles. The number of aromatic nitrogens is 2. The van der Waals surface area contributed by atoms with Crippen molar-refractivity contribution in [1.29, 1.82) is 0 Å². The average Bonchev–Trinajstić information content (AvgIpc) is 3.01. The zero-order chi connectivity index (χ0) is 10.8. The van der Waals surface area contributed by atoms with Gasteiger partial charge in [-0.2, -0.15) is 0 Å². The SMILES string of the molecule is c1ccc(-c2csc(-c3ncco3)n2)cc1. The molecule has 3 nitrogen and oxygen atoms in total. The lowest BCUT2D eigenvalue weighted by molar-refractivity contribution is 0.574. The fraction of sp³-hybridized carbons (Fsp3) is 0. The molecule has 2 heterocycles. The number of nitrogens with zero attached hydrogens (tertiary/aromatic N) is 2. The van der Waals surface area contributed by atoms with E-state index in [1.165, 1.54) is 11.3 Å². The van der Waals surface area contributed by atoms with Gasteiger partial charge < -0.3 is 4.42 Å². The molecule has 0 fully saturated rings. The fourth-order valence-corrected chi connectivity index (χ4v) is 2.21. The molecule has 0 radical (unpaired) electrons. The Labute approximate surface area is 96.4 Å². The van der Waals surface area contributed by atoms with E-state index in [0.29, 0.717) is 5.89 Å². The predicted molar refractivity (Wildman–Crippen MR) is 63.0 cm³/mol. The van der Waals surface area contributed by atoms with Crippen molar-refractivity contribution < 1.29 is 4.42 Å². The van der Waals surface area contributed by atoms with E-state index in [4.69, 9.17) is 4.42 Å². The molecule has 16 heavy (non-hydrogen) atoms. The highest BCUT2D eigenvalue weighted by Gasteiger charge is 2.09. The average molecular weight is 228 g/mol. The lowest BCUT2D eigenvalue weighted by Gasteiger charge is -1.93. The molecular weight excluding hydrogens is 220 g/mol. The van der Waals surface area contributed by atoms with Gasteiger partial charge in [-0.05, 0) is 0 Å². The number of oxazole rings is 1. The molecule has 0 spiro atoms. The molecule has 78 valence electrons. The minimum absolute atomic E-state index is 0.576. The second-order valence-electron chi connectivity index (χ2n) is 3.24. The molecule has 4 heteroatoms. The van der Waals surface area contributed by atoms with Gasteiger partial charge in [-0.1, -0.05) is 30.3 Å². The molecule has 0 unspecified atom stereocenters.